The second-order valence-corrected chi connectivity index (χ2v) is 6.91. The number of hydrogen-bond donors (Lipinski definition) is 1. The molecule has 27 heavy (non-hydrogen) atoms. The summed E-state index contributed by atoms with van der Waals surface area (Å²) in [5, 5.41) is 11.7. The molecule has 0 bridgehead atoms. The highest BCUT2D eigenvalue weighted by atomic mass is 35.5. The van der Waals surface area contributed by atoms with Crippen molar-refractivity contribution in [2.75, 3.05) is 13.2 Å². The third-order valence-electron chi connectivity index (χ3n) is 3.98. The lowest BCUT2D eigenvalue weighted by atomic mass is 9.79. The van der Waals surface area contributed by atoms with Crippen LogP contribution in [0.2, 0.25) is 0 Å². The van der Waals surface area contributed by atoms with Gasteiger partial charge in [-0.25, -0.2) is 0 Å². The van der Waals surface area contributed by atoms with Gasteiger partial charge in [0.25, 0.3) is 0 Å². The number of rotatable bonds is 8. The van der Waals surface area contributed by atoms with Crippen molar-refractivity contribution >= 4 is 23.2 Å². The molecule has 1 N–H and O–H groups in total. The molecule has 4 nitrogen and oxygen atoms in total. The zero-order chi connectivity index (χ0) is 19.7. The van der Waals surface area contributed by atoms with E-state index in [-0.39, 0.29) is 0 Å². The number of aromatic nitrogens is 1. The minimum Gasteiger partial charge on any atom is -0.373 e. The Kier molecular flexibility index (Phi) is 8.56. The molecule has 0 aliphatic heterocycles. The van der Waals surface area contributed by atoms with Gasteiger partial charge in [0, 0.05) is 31.2 Å². The Morgan fingerprint density at radius 3 is 2.26 bits per heavy atom. The standard InChI is InChI=1S/C21H23Cl2NO3/c1-3-26-18(27-4-2)12-13-21(25,17-11-8-14-24-15-17)19(20(22)23)16-9-6-5-7-10-16/h5-11,14-15,18-20,25H,3-4H2,1-2H3. The van der Waals surface area contributed by atoms with Crippen molar-refractivity contribution in [3.8, 4) is 11.8 Å². The van der Waals surface area contributed by atoms with Gasteiger partial charge in [0.15, 0.2) is 5.60 Å². The Hall–Kier alpha value is -1.61. The summed E-state index contributed by atoms with van der Waals surface area (Å²) in [5.41, 5.74) is -0.433. The number of pyridine rings is 1. The molecule has 1 heterocycles. The van der Waals surface area contributed by atoms with Crippen molar-refractivity contribution in [2.24, 2.45) is 0 Å². The van der Waals surface area contributed by atoms with Gasteiger partial charge in [0.1, 0.15) is 4.84 Å². The normalized spacial score (nSPS) is 14.5. The van der Waals surface area contributed by atoms with Gasteiger partial charge in [0.05, 0.1) is 5.92 Å². The van der Waals surface area contributed by atoms with E-state index in [4.69, 9.17) is 32.7 Å². The second kappa shape index (κ2) is 10.7. The van der Waals surface area contributed by atoms with E-state index >= 15 is 0 Å². The predicted molar refractivity (Wildman–Crippen MR) is 108 cm³/mol. The minimum absolute atomic E-state index is 0.431. The first-order chi connectivity index (χ1) is 13.0. The highest BCUT2D eigenvalue weighted by molar-refractivity contribution is 6.44. The molecule has 2 aromatic rings. The van der Waals surface area contributed by atoms with Gasteiger partial charge in [-0.2, -0.15) is 0 Å². The molecule has 1 aromatic carbocycles. The van der Waals surface area contributed by atoms with Crippen molar-refractivity contribution in [3.63, 3.8) is 0 Å². The van der Waals surface area contributed by atoms with Gasteiger partial charge in [-0.15, -0.1) is 23.2 Å². The number of halogens is 2. The zero-order valence-corrected chi connectivity index (χ0v) is 16.8. The first-order valence-corrected chi connectivity index (χ1v) is 9.62. The maximum atomic E-state index is 11.7. The van der Waals surface area contributed by atoms with Crippen molar-refractivity contribution in [3.05, 3.63) is 66.0 Å². The summed E-state index contributed by atoms with van der Waals surface area (Å²) < 4.78 is 10.9. The van der Waals surface area contributed by atoms with E-state index in [0.717, 1.165) is 5.56 Å². The molecule has 2 unspecified atom stereocenters. The molecule has 0 fully saturated rings. The SMILES string of the molecule is CCOC(C#CC(O)(c1cccnc1)C(c1ccccc1)C(Cl)Cl)OCC. The van der Waals surface area contributed by atoms with Crippen LogP contribution >= 0.6 is 23.2 Å². The molecule has 1 aromatic heterocycles. The molecule has 0 saturated heterocycles. The topological polar surface area (TPSA) is 51.6 Å². The molecule has 0 amide bonds. The van der Waals surface area contributed by atoms with E-state index in [1.165, 1.54) is 0 Å². The van der Waals surface area contributed by atoms with Crippen LogP contribution in [0.5, 0.6) is 0 Å². The fraction of sp³-hybridized carbons (Fsp3) is 0.381. The summed E-state index contributed by atoms with van der Waals surface area (Å²) in [6.45, 7) is 4.56. The number of ether oxygens (including phenoxy) is 2. The van der Waals surface area contributed by atoms with Crippen molar-refractivity contribution in [2.45, 2.75) is 36.5 Å². The number of aliphatic hydroxyl groups is 1. The molecule has 6 heteroatoms. The molecular weight excluding hydrogens is 385 g/mol. The third kappa shape index (κ3) is 5.68. The lowest BCUT2D eigenvalue weighted by Gasteiger charge is -2.33. The molecular formula is C21H23Cl2NO3. The quantitative estimate of drug-likeness (QED) is 0.403. The largest absolute Gasteiger partial charge is 0.373 e. The number of alkyl halides is 2. The average Bonchev–Trinajstić information content (AvgIpc) is 2.68. The Bertz CT molecular complexity index is 740. The molecule has 0 radical (unpaired) electrons. The lowest BCUT2D eigenvalue weighted by Crippen LogP contribution is -2.36. The summed E-state index contributed by atoms with van der Waals surface area (Å²) >= 11 is 12.6. The summed E-state index contributed by atoms with van der Waals surface area (Å²) in [4.78, 5) is 3.20. The average molecular weight is 408 g/mol. The fourth-order valence-electron chi connectivity index (χ4n) is 2.75. The maximum absolute atomic E-state index is 11.7. The van der Waals surface area contributed by atoms with Gasteiger partial charge in [-0.3, -0.25) is 4.98 Å². The number of nitrogens with zero attached hydrogens (tertiary/aromatic N) is 1. The molecule has 0 saturated carbocycles. The van der Waals surface area contributed by atoms with Crippen LogP contribution in [0.3, 0.4) is 0 Å². The van der Waals surface area contributed by atoms with E-state index in [1.807, 2.05) is 44.2 Å². The summed E-state index contributed by atoms with van der Waals surface area (Å²) in [6, 6.07) is 12.8. The highest BCUT2D eigenvalue weighted by Crippen LogP contribution is 2.42. The first kappa shape index (κ1) is 21.7. The maximum Gasteiger partial charge on any atom is 0.222 e. The first-order valence-electron chi connectivity index (χ1n) is 8.74. The van der Waals surface area contributed by atoms with Gasteiger partial charge in [0.2, 0.25) is 6.29 Å². The molecule has 2 atom stereocenters. The van der Waals surface area contributed by atoms with Gasteiger partial charge in [-0.1, -0.05) is 42.3 Å². The van der Waals surface area contributed by atoms with Crippen LogP contribution in [0, 0.1) is 11.8 Å². The van der Waals surface area contributed by atoms with E-state index in [0.29, 0.717) is 18.8 Å². The minimum atomic E-state index is -1.68. The Balaban J connectivity index is 2.56. The van der Waals surface area contributed by atoms with E-state index in [9.17, 15) is 5.11 Å². The van der Waals surface area contributed by atoms with Crippen LogP contribution in [0.4, 0.5) is 0 Å². The van der Waals surface area contributed by atoms with Crippen LogP contribution < -0.4 is 0 Å². The van der Waals surface area contributed by atoms with E-state index in [2.05, 4.69) is 16.8 Å². The van der Waals surface area contributed by atoms with Crippen molar-refractivity contribution < 1.29 is 14.6 Å². The summed E-state index contributed by atoms with van der Waals surface area (Å²) in [5.74, 6) is 5.08. The van der Waals surface area contributed by atoms with Crippen LogP contribution in [0.25, 0.3) is 0 Å². The smallest absolute Gasteiger partial charge is 0.222 e. The molecule has 0 aliphatic rings. The van der Waals surface area contributed by atoms with Gasteiger partial charge >= 0.3 is 0 Å². The van der Waals surface area contributed by atoms with E-state index < -0.39 is 22.6 Å². The third-order valence-corrected chi connectivity index (χ3v) is 4.48. The predicted octanol–water partition coefficient (Wildman–Crippen LogP) is 4.26. The van der Waals surface area contributed by atoms with Crippen molar-refractivity contribution in [1.29, 1.82) is 0 Å². The molecule has 144 valence electrons. The molecule has 2 rings (SSSR count). The second-order valence-electron chi connectivity index (χ2n) is 5.74. The zero-order valence-electron chi connectivity index (χ0n) is 15.3. The molecule has 0 spiro atoms. The number of hydrogen-bond acceptors (Lipinski definition) is 4. The highest BCUT2D eigenvalue weighted by Gasteiger charge is 2.42. The van der Waals surface area contributed by atoms with Crippen LogP contribution in [-0.4, -0.2) is 34.4 Å². The Labute approximate surface area is 170 Å². The van der Waals surface area contributed by atoms with Crippen LogP contribution in [0.1, 0.15) is 30.9 Å². The van der Waals surface area contributed by atoms with Crippen LogP contribution in [0.15, 0.2) is 54.9 Å². The Morgan fingerprint density at radius 1 is 1.07 bits per heavy atom. The van der Waals surface area contributed by atoms with Crippen LogP contribution in [-0.2, 0) is 15.1 Å². The van der Waals surface area contributed by atoms with Crippen molar-refractivity contribution in [1.82, 2.24) is 4.98 Å². The van der Waals surface area contributed by atoms with Gasteiger partial charge in [-0.05, 0) is 31.4 Å². The summed E-state index contributed by atoms with van der Waals surface area (Å²) in [7, 11) is 0. The van der Waals surface area contributed by atoms with Gasteiger partial charge < -0.3 is 14.6 Å². The monoisotopic (exact) mass is 407 g/mol. The Morgan fingerprint density at radius 2 is 1.74 bits per heavy atom. The fourth-order valence-corrected chi connectivity index (χ4v) is 3.41. The van der Waals surface area contributed by atoms with E-state index in [1.54, 1.807) is 24.5 Å². The summed E-state index contributed by atoms with van der Waals surface area (Å²) in [6.07, 6.45) is 2.41. The number of benzene rings is 1. The lowest BCUT2D eigenvalue weighted by molar-refractivity contribution is -0.0974. The molecule has 0 aliphatic carbocycles.